The fourth-order valence-electron chi connectivity index (χ4n) is 1.21. The normalized spacial score (nSPS) is 12.1. The van der Waals surface area contributed by atoms with Gasteiger partial charge in [-0.2, -0.15) is 0 Å². The molecule has 0 amide bonds. The predicted molar refractivity (Wildman–Crippen MR) is 54.4 cm³/mol. The van der Waals surface area contributed by atoms with Gasteiger partial charge in [0.05, 0.1) is 11.8 Å². The Balaban J connectivity index is 2.52. The van der Waals surface area contributed by atoms with E-state index in [0.717, 1.165) is 6.42 Å². The third-order valence-electron chi connectivity index (χ3n) is 1.94. The largest absolute Gasteiger partial charge is 0.387 e. The molecule has 3 heteroatoms. The van der Waals surface area contributed by atoms with Crippen LogP contribution in [0.15, 0.2) is 12.3 Å². The Kier molecular flexibility index (Phi) is 4.09. The third-order valence-corrected chi connectivity index (χ3v) is 1.94. The molecule has 1 rings (SSSR count). The van der Waals surface area contributed by atoms with Gasteiger partial charge in [0, 0.05) is 12.6 Å². The van der Waals surface area contributed by atoms with Gasteiger partial charge >= 0.3 is 0 Å². The zero-order valence-corrected chi connectivity index (χ0v) is 8.27. The number of aliphatic hydroxyl groups is 1. The van der Waals surface area contributed by atoms with Crippen LogP contribution in [-0.4, -0.2) is 15.1 Å². The average molecular weight is 190 g/mol. The predicted octanol–water partition coefficient (Wildman–Crippen LogP) is 1.62. The Labute approximate surface area is 84.2 Å². The minimum Gasteiger partial charge on any atom is -0.387 e. The van der Waals surface area contributed by atoms with Gasteiger partial charge in [-0.3, -0.25) is 0 Å². The summed E-state index contributed by atoms with van der Waals surface area (Å²) < 4.78 is 0. The molecular formula is C11H14N2O. The lowest BCUT2D eigenvalue weighted by atomic mass is 10.1. The second kappa shape index (κ2) is 5.36. The molecule has 0 aliphatic heterocycles. The molecular weight excluding hydrogens is 176 g/mol. The molecule has 1 aromatic rings. The van der Waals surface area contributed by atoms with Gasteiger partial charge in [0.25, 0.3) is 0 Å². The molecule has 0 fully saturated rings. The number of aliphatic hydroxyl groups excluding tert-OH is 1. The lowest BCUT2D eigenvalue weighted by Crippen LogP contribution is -2.02. The van der Waals surface area contributed by atoms with E-state index in [1.807, 2.05) is 0 Å². The molecule has 1 unspecified atom stereocenters. The van der Waals surface area contributed by atoms with Crippen molar-refractivity contribution in [2.75, 3.05) is 0 Å². The van der Waals surface area contributed by atoms with Gasteiger partial charge in [-0.05, 0) is 25.8 Å². The molecule has 0 bridgehead atoms. The highest BCUT2D eigenvalue weighted by atomic mass is 16.3. The van der Waals surface area contributed by atoms with E-state index in [1.165, 1.54) is 0 Å². The third kappa shape index (κ3) is 3.15. The maximum absolute atomic E-state index is 9.71. The Morgan fingerprint density at radius 3 is 3.07 bits per heavy atom. The standard InChI is InChI=1S/C11H14N2O/c1-3-4-5-6-11(14)10-7-8-12-9(2)13-10/h1,7-8,11,14H,4-6H2,2H3. The van der Waals surface area contributed by atoms with Crippen molar-refractivity contribution in [2.45, 2.75) is 32.3 Å². The van der Waals surface area contributed by atoms with E-state index >= 15 is 0 Å². The second-order valence-corrected chi connectivity index (χ2v) is 3.14. The van der Waals surface area contributed by atoms with Gasteiger partial charge in [-0.1, -0.05) is 0 Å². The van der Waals surface area contributed by atoms with Crippen molar-refractivity contribution in [2.24, 2.45) is 0 Å². The number of terminal acetylenes is 1. The molecule has 1 aromatic heterocycles. The lowest BCUT2D eigenvalue weighted by Gasteiger charge is -2.08. The summed E-state index contributed by atoms with van der Waals surface area (Å²) in [6.07, 6.45) is 8.42. The van der Waals surface area contributed by atoms with Gasteiger partial charge in [0.15, 0.2) is 0 Å². The van der Waals surface area contributed by atoms with Crippen LogP contribution in [0.5, 0.6) is 0 Å². The lowest BCUT2D eigenvalue weighted by molar-refractivity contribution is 0.160. The zero-order chi connectivity index (χ0) is 10.4. The SMILES string of the molecule is C#CCCCC(O)c1ccnc(C)n1. The molecule has 0 saturated heterocycles. The van der Waals surface area contributed by atoms with Crippen LogP contribution < -0.4 is 0 Å². The first-order valence-corrected chi connectivity index (χ1v) is 4.65. The van der Waals surface area contributed by atoms with E-state index in [0.29, 0.717) is 24.4 Å². The molecule has 0 aliphatic rings. The molecule has 14 heavy (non-hydrogen) atoms. The van der Waals surface area contributed by atoms with Crippen LogP contribution in [-0.2, 0) is 0 Å². The molecule has 1 N–H and O–H groups in total. The van der Waals surface area contributed by atoms with Crippen LogP contribution in [0.2, 0.25) is 0 Å². The van der Waals surface area contributed by atoms with Crippen LogP contribution in [0.3, 0.4) is 0 Å². The van der Waals surface area contributed by atoms with Gasteiger partial charge in [0.1, 0.15) is 5.82 Å². The van der Waals surface area contributed by atoms with Crippen LogP contribution in [0.1, 0.15) is 36.9 Å². The molecule has 0 saturated carbocycles. The zero-order valence-electron chi connectivity index (χ0n) is 8.27. The van der Waals surface area contributed by atoms with E-state index in [-0.39, 0.29) is 0 Å². The molecule has 0 aliphatic carbocycles. The van der Waals surface area contributed by atoms with E-state index in [4.69, 9.17) is 6.42 Å². The summed E-state index contributed by atoms with van der Waals surface area (Å²) in [5, 5.41) is 9.71. The summed E-state index contributed by atoms with van der Waals surface area (Å²) in [7, 11) is 0. The first-order chi connectivity index (χ1) is 6.74. The van der Waals surface area contributed by atoms with E-state index in [9.17, 15) is 5.11 Å². The monoisotopic (exact) mass is 190 g/mol. The summed E-state index contributed by atoms with van der Waals surface area (Å²) in [6.45, 7) is 1.80. The molecule has 74 valence electrons. The van der Waals surface area contributed by atoms with Crippen molar-refractivity contribution in [3.8, 4) is 12.3 Å². The Bertz CT molecular complexity index is 330. The summed E-state index contributed by atoms with van der Waals surface area (Å²) in [4.78, 5) is 8.10. The first kappa shape index (κ1) is 10.7. The van der Waals surface area contributed by atoms with Crippen molar-refractivity contribution in [3.05, 3.63) is 23.8 Å². The van der Waals surface area contributed by atoms with Gasteiger partial charge in [-0.25, -0.2) is 9.97 Å². The number of rotatable bonds is 4. The smallest absolute Gasteiger partial charge is 0.125 e. The highest BCUT2D eigenvalue weighted by molar-refractivity contribution is 5.04. The quantitative estimate of drug-likeness (QED) is 0.579. The van der Waals surface area contributed by atoms with Gasteiger partial charge < -0.3 is 5.11 Å². The summed E-state index contributed by atoms with van der Waals surface area (Å²) in [5.74, 6) is 3.22. The fourth-order valence-corrected chi connectivity index (χ4v) is 1.21. The molecule has 0 spiro atoms. The van der Waals surface area contributed by atoms with Crippen LogP contribution >= 0.6 is 0 Å². The maximum Gasteiger partial charge on any atom is 0.125 e. The van der Waals surface area contributed by atoms with E-state index in [1.54, 1.807) is 19.2 Å². The van der Waals surface area contributed by atoms with Crippen LogP contribution in [0.4, 0.5) is 0 Å². The first-order valence-electron chi connectivity index (χ1n) is 4.65. The Morgan fingerprint density at radius 1 is 1.64 bits per heavy atom. The van der Waals surface area contributed by atoms with Crippen molar-refractivity contribution >= 4 is 0 Å². The molecule has 1 heterocycles. The molecule has 0 aromatic carbocycles. The second-order valence-electron chi connectivity index (χ2n) is 3.14. The van der Waals surface area contributed by atoms with Crippen molar-refractivity contribution in [3.63, 3.8) is 0 Å². The number of hydrogen-bond acceptors (Lipinski definition) is 3. The van der Waals surface area contributed by atoms with Crippen molar-refractivity contribution in [1.82, 2.24) is 9.97 Å². The summed E-state index contributed by atoms with van der Waals surface area (Å²) in [5.41, 5.74) is 0.675. The highest BCUT2D eigenvalue weighted by Gasteiger charge is 2.08. The number of hydrogen-bond donors (Lipinski definition) is 1. The number of aryl methyl sites for hydroxylation is 1. The van der Waals surface area contributed by atoms with Crippen LogP contribution in [0, 0.1) is 19.3 Å². The summed E-state index contributed by atoms with van der Waals surface area (Å²) >= 11 is 0. The van der Waals surface area contributed by atoms with Gasteiger partial charge in [-0.15, -0.1) is 12.3 Å². The maximum atomic E-state index is 9.71. The van der Waals surface area contributed by atoms with E-state index < -0.39 is 6.10 Å². The minimum atomic E-state index is -0.523. The Morgan fingerprint density at radius 2 is 2.43 bits per heavy atom. The van der Waals surface area contributed by atoms with Crippen LogP contribution in [0.25, 0.3) is 0 Å². The van der Waals surface area contributed by atoms with Crippen molar-refractivity contribution in [1.29, 1.82) is 0 Å². The fraction of sp³-hybridized carbons (Fsp3) is 0.455. The number of nitrogens with zero attached hydrogens (tertiary/aromatic N) is 2. The average Bonchev–Trinajstić information content (AvgIpc) is 2.18. The number of unbranched alkanes of at least 4 members (excludes halogenated alkanes) is 1. The molecule has 3 nitrogen and oxygen atoms in total. The highest BCUT2D eigenvalue weighted by Crippen LogP contribution is 2.16. The minimum absolute atomic E-state index is 0.523. The van der Waals surface area contributed by atoms with E-state index in [2.05, 4.69) is 15.9 Å². The van der Waals surface area contributed by atoms with Gasteiger partial charge in [0.2, 0.25) is 0 Å². The Hall–Kier alpha value is -1.40. The molecule has 1 atom stereocenters. The molecule has 0 radical (unpaired) electrons. The summed E-state index contributed by atoms with van der Waals surface area (Å²) in [6, 6.07) is 1.73. The van der Waals surface area contributed by atoms with Crippen molar-refractivity contribution < 1.29 is 5.11 Å². The number of aromatic nitrogens is 2. The topological polar surface area (TPSA) is 46.0 Å².